The normalized spacial score (nSPS) is 25.0. The van der Waals surface area contributed by atoms with E-state index in [1.807, 2.05) is 54.7 Å². The highest BCUT2D eigenvalue weighted by molar-refractivity contribution is 6.61. The standard InChI is InChI=1S/C17H29BN4O4/c1-15(2,3)24-14(23)21-9-8-12(10-21)22-11-13(19-20-22)18-25-16(4,5)17(6,7)26-18/h11-12H,8-10H2,1-7H3. The Morgan fingerprint density at radius 3 is 2.46 bits per heavy atom. The van der Waals surface area contributed by atoms with E-state index in [9.17, 15) is 4.79 Å². The highest BCUT2D eigenvalue weighted by atomic mass is 16.7. The summed E-state index contributed by atoms with van der Waals surface area (Å²) in [4.78, 5) is 13.9. The van der Waals surface area contributed by atoms with Crippen molar-refractivity contribution in [2.45, 2.75) is 77.7 Å². The predicted octanol–water partition coefficient (Wildman–Crippen LogP) is 1.76. The Hall–Kier alpha value is -1.61. The van der Waals surface area contributed by atoms with Gasteiger partial charge in [-0.15, -0.1) is 5.10 Å². The Balaban J connectivity index is 1.64. The van der Waals surface area contributed by atoms with Gasteiger partial charge in [0.15, 0.2) is 0 Å². The number of hydrogen-bond acceptors (Lipinski definition) is 6. The zero-order valence-electron chi connectivity index (χ0n) is 16.8. The molecule has 0 N–H and O–H groups in total. The third-order valence-electron chi connectivity index (χ3n) is 5.21. The van der Waals surface area contributed by atoms with Gasteiger partial charge in [0.05, 0.1) is 17.2 Å². The molecule has 0 bridgehead atoms. The Morgan fingerprint density at radius 2 is 1.88 bits per heavy atom. The zero-order valence-corrected chi connectivity index (χ0v) is 16.8. The van der Waals surface area contributed by atoms with Crippen molar-refractivity contribution in [1.82, 2.24) is 19.9 Å². The lowest BCUT2D eigenvalue weighted by Gasteiger charge is -2.32. The Labute approximate surface area is 155 Å². The van der Waals surface area contributed by atoms with E-state index in [2.05, 4.69) is 10.3 Å². The van der Waals surface area contributed by atoms with E-state index in [1.54, 1.807) is 9.58 Å². The van der Waals surface area contributed by atoms with Crippen molar-refractivity contribution >= 4 is 18.8 Å². The summed E-state index contributed by atoms with van der Waals surface area (Å²) in [5.41, 5.74) is -0.670. The van der Waals surface area contributed by atoms with E-state index in [-0.39, 0.29) is 12.1 Å². The fourth-order valence-corrected chi connectivity index (χ4v) is 2.99. The number of rotatable bonds is 2. The van der Waals surface area contributed by atoms with E-state index >= 15 is 0 Å². The summed E-state index contributed by atoms with van der Waals surface area (Å²) in [6, 6.07) is 0.0752. The summed E-state index contributed by atoms with van der Waals surface area (Å²) < 4.78 is 19.3. The summed E-state index contributed by atoms with van der Waals surface area (Å²) in [5, 5.41) is 8.47. The number of nitrogens with zero attached hydrogens (tertiary/aromatic N) is 4. The molecule has 2 aliphatic rings. The monoisotopic (exact) mass is 364 g/mol. The topological polar surface area (TPSA) is 78.7 Å². The maximum absolute atomic E-state index is 12.2. The summed E-state index contributed by atoms with van der Waals surface area (Å²) in [6.07, 6.45) is 2.38. The molecular formula is C17H29BN4O4. The first kappa shape index (κ1) is 19.2. The fraction of sp³-hybridized carbons (Fsp3) is 0.824. The Kier molecular flexibility index (Phi) is 4.59. The van der Waals surface area contributed by atoms with Crippen molar-refractivity contribution in [2.24, 2.45) is 0 Å². The highest BCUT2D eigenvalue weighted by Crippen LogP contribution is 2.36. The van der Waals surface area contributed by atoms with Gasteiger partial charge in [-0.25, -0.2) is 9.48 Å². The van der Waals surface area contributed by atoms with Crippen LogP contribution in [0.1, 0.15) is 60.9 Å². The summed E-state index contributed by atoms with van der Waals surface area (Å²) in [7, 11) is -0.530. The van der Waals surface area contributed by atoms with E-state index in [0.29, 0.717) is 18.7 Å². The van der Waals surface area contributed by atoms with Crippen LogP contribution in [0.15, 0.2) is 6.20 Å². The number of ether oxygens (including phenoxy) is 1. The predicted molar refractivity (Wildman–Crippen MR) is 97.2 cm³/mol. The molecule has 1 aromatic heterocycles. The van der Waals surface area contributed by atoms with Crippen LogP contribution in [0.25, 0.3) is 0 Å². The average Bonchev–Trinajstić information content (AvgIpc) is 3.16. The van der Waals surface area contributed by atoms with Crippen molar-refractivity contribution < 1.29 is 18.8 Å². The molecule has 1 amide bonds. The number of carbonyl (C=O) groups excluding carboxylic acids is 1. The van der Waals surface area contributed by atoms with Crippen LogP contribution in [-0.2, 0) is 14.0 Å². The van der Waals surface area contributed by atoms with Gasteiger partial charge in [-0.1, -0.05) is 5.21 Å². The van der Waals surface area contributed by atoms with Gasteiger partial charge in [0.1, 0.15) is 11.2 Å². The van der Waals surface area contributed by atoms with Crippen molar-refractivity contribution in [3.05, 3.63) is 6.20 Å². The second-order valence-electron chi connectivity index (χ2n) is 9.08. The lowest BCUT2D eigenvalue weighted by atomic mass is 9.86. The molecule has 0 aromatic carbocycles. The third kappa shape index (κ3) is 3.73. The second-order valence-corrected chi connectivity index (χ2v) is 9.08. The molecule has 3 heterocycles. The molecule has 0 saturated carbocycles. The van der Waals surface area contributed by atoms with Gasteiger partial charge in [0, 0.05) is 19.3 Å². The molecule has 2 saturated heterocycles. The first-order valence-corrected chi connectivity index (χ1v) is 9.13. The van der Waals surface area contributed by atoms with Gasteiger partial charge >= 0.3 is 13.2 Å². The largest absolute Gasteiger partial charge is 0.518 e. The van der Waals surface area contributed by atoms with Gasteiger partial charge in [-0.3, -0.25) is 0 Å². The minimum absolute atomic E-state index is 0.0752. The van der Waals surface area contributed by atoms with Crippen LogP contribution >= 0.6 is 0 Å². The van der Waals surface area contributed by atoms with Crippen LogP contribution in [0, 0.1) is 0 Å². The second kappa shape index (κ2) is 6.23. The minimum Gasteiger partial charge on any atom is -0.444 e. The summed E-state index contributed by atoms with van der Waals surface area (Å²) >= 11 is 0. The maximum atomic E-state index is 12.2. The Bertz CT molecular complexity index is 667. The summed E-state index contributed by atoms with van der Waals surface area (Å²) in [5.74, 6) is 0. The van der Waals surface area contributed by atoms with Crippen molar-refractivity contribution in [1.29, 1.82) is 0 Å². The van der Waals surface area contributed by atoms with E-state index < -0.39 is 23.9 Å². The smallest absolute Gasteiger partial charge is 0.444 e. The molecular weight excluding hydrogens is 335 g/mol. The van der Waals surface area contributed by atoms with E-state index in [0.717, 1.165) is 6.42 Å². The number of carbonyl (C=O) groups is 1. The summed E-state index contributed by atoms with van der Waals surface area (Å²) in [6.45, 7) is 14.8. The van der Waals surface area contributed by atoms with Crippen LogP contribution < -0.4 is 5.59 Å². The fourth-order valence-electron chi connectivity index (χ4n) is 2.99. The van der Waals surface area contributed by atoms with Crippen LogP contribution in [0.5, 0.6) is 0 Å². The number of hydrogen-bond donors (Lipinski definition) is 0. The van der Waals surface area contributed by atoms with Crippen LogP contribution in [-0.4, -0.2) is 63.0 Å². The highest BCUT2D eigenvalue weighted by Gasteiger charge is 2.53. The number of aromatic nitrogens is 3. The van der Waals surface area contributed by atoms with E-state index in [4.69, 9.17) is 14.0 Å². The van der Waals surface area contributed by atoms with E-state index in [1.165, 1.54) is 0 Å². The maximum Gasteiger partial charge on any atom is 0.518 e. The van der Waals surface area contributed by atoms with Crippen LogP contribution in [0.4, 0.5) is 4.79 Å². The van der Waals surface area contributed by atoms with Gasteiger partial charge in [-0.05, 0) is 54.9 Å². The van der Waals surface area contributed by atoms with Crippen molar-refractivity contribution in [2.75, 3.05) is 13.1 Å². The van der Waals surface area contributed by atoms with Gasteiger partial charge in [0.2, 0.25) is 0 Å². The zero-order chi connectivity index (χ0) is 19.3. The average molecular weight is 364 g/mol. The molecule has 8 nitrogen and oxygen atoms in total. The molecule has 2 fully saturated rings. The molecule has 3 rings (SSSR count). The quantitative estimate of drug-likeness (QED) is 0.744. The molecule has 0 spiro atoms. The first-order chi connectivity index (χ1) is 11.9. The van der Waals surface area contributed by atoms with Crippen molar-refractivity contribution in [3.8, 4) is 0 Å². The molecule has 1 unspecified atom stereocenters. The molecule has 2 aliphatic heterocycles. The molecule has 26 heavy (non-hydrogen) atoms. The Morgan fingerprint density at radius 1 is 1.27 bits per heavy atom. The molecule has 0 radical (unpaired) electrons. The first-order valence-electron chi connectivity index (χ1n) is 9.13. The third-order valence-corrected chi connectivity index (χ3v) is 5.21. The van der Waals surface area contributed by atoms with Crippen LogP contribution in [0.3, 0.4) is 0 Å². The SMILES string of the molecule is CC(C)(C)OC(=O)N1CCC(n2cc(B3OC(C)(C)C(C)(C)O3)nn2)C1. The van der Waals surface area contributed by atoms with Crippen molar-refractivity contribution in [3.63, 3.8) is 0 Å². The minimum atomic E-state index is -0.530. The molecule has 0 aliphatic carbocycles. The molecule has 9 heteroatoms. The van der Waals surface area contributed by atoms with Crippen LogP contribution in [0.2, 0.25) is 0 Å². The number of likely N-dealkylation sites (tertiary alicyclic amines) is 1. The number of amides is 1. The van der Waals surface area contributed by atoms with Gasteiger partial charge < -0.3 is 18.9 Å². The lowest BCUT2D eigenvalue weighted by Crippen LogP contribution is -2.41. The van der Waals surface area contributed by atoms with Gasteiger partial charge in [0.25, 0.3) is 0 Å². The molecule has 1 atom stereocenters. The molecule has 144 valence electrons. The molecule has 1 aromatic rings. The lowest BCUT2D eigenvalue weighted by molar-refractivity contribution is 0.00578. The van der Waals surface area contributed by atoms with Gasteiger partial charge in [-0.2, -0.15) is 0 Å².